The molecule has 2 aromatic carbocycles. The highest BCUT2D eigenvalue weighted by atomic mass is 35.5. The quantitative estimate of drug-likeness (QED) is 0.568. The molecular weight excluding hydrogens is 420 g/mol. The van der Waals surface area contributed by atoms with Crippen LogP contribution < -0.4 is 10.2 Å². The number of carbonyl (C=O) groups excluding carboxylic acids is 1. The van der Waals surface area contributed by atoms with Gasteiger partial charge >= 0.3 is 0 Å². The third-order valence-electron chi connectivity index (χ3n) is 6.99. The summed E-state index contributed by atoms with van der Waals surface area (Å²) in [6, 6.07) is 19.6. The number of para-hydroxylation sites is 2. The van der Waals surface area contributed by atoms with Crippen molar-refractivity contribution in [3.63, 3.8) is 0 Å². The van der Waals surface area contributed by atoms with Crippen molar-refractivity contribution in [3.8, 4) is 0 Å². The maximum atomic E-state index is 12.6. The number of hydrogen-bond donors (Lipinski definition) is 1. The minimum absolute atomic E-state index is 0. The minimum Gasteiger partial charge on any atom is -0.366 e. The van der Waals surface area contributed by atoms with E-state index in [1.807, 2.05) is 29.8 Å². The number of piperazine rings is 1. The van der Waals surface area contributed by atoms with Gasteiger partial charge in [0.1, 0.15) is 5.69 Å². The van der Waals surface area contributed by atoms with Gasteiger partial charge in [0, 0.05) is 55.9 Å². The van der Waals surface area contributed by atoms with Gasteiger partial charge < -0.3 is 14.8 Å². The van der Waals surface area contributed by atoms with Crippen LogP contribution in [0.3, 0.4) is 0 Å². The number of rotatable bonds is 6. The fourth-order valence-corrected chi connectivity index (χ4v) is 5.27. The van der Waals surface area contributed by atoms with E-state index in [2.05, 4.69) is 51.5 Å². The number of nitrogens with zero attached hydrogens (tertiary/aromatic N) is 3. The van der Waals surface area contributed by atoms with Crippen molar-refractivity contribution < 1.29 is 4.79 Å². The SMILES string of the molecule is Cl.Cn1c(C(=O)NCCCCN2CCN3c4ccccc4CCC3C2)cc2ccccc21. The summed E-state index contributed by atoms with van der Waals surface area (Å²) in [4.78, 5) is 17.8. The second-order valence-corrected chi connectivity index (χ2v) is 8.93. The van der Waals surface area contributed by atoms with E-state index in [1.54, 1.807) is 0 Å². The van der Waals surface area contributed by atoms with Crippen LogP contribution >= 0.6 is 12.4 Å². The topological polar surface area (TPSA) is 40.5 Å². The molecular formula is C26H33ClN4O. The summed E-state index contributed by atoms with van der Waals surface area (Å²) in [6.45, 7) is 5.27. The van der Waals surface area contributed by atoms with Crippen LogP contribution in [-0.2, 0) is 13.5 Å². The normalized spacial score (nSPS) is 18.0. The number of nitrogens with one attached hydrogen (secondary N) is 1. The van der Waals surface area contributed by atoms with Gasteiger partial charge in [-0.15, -0.1) is 12.4 Å². The summed E-state index contributed by atoms with van der Waals surface area (Å²) in [5, 5.41) is 4.22. The molecule has 5 nitrogen and oxygen atoms in total. The van der Waals surface area contributed by atoms with Crippen molar-refractivity contribution in [2.24, 2.45) is 7.05 Å². The predicted octanol–water partition coefficient (Wildman–Crippen LogP) is 4.25. The van der Waals surface area contributed by atoms with Crippen molar-refractivity contribution >= 4 is 34.9 Å². The van der Waals surface area contributed by atoms with Gasteiger partial charge in [0.05, 0.1) is 0 Å². The molecule has 3 heterocycles. The second-order valence-electron chi connectivity index (χ2n) is 8.93. The average Bonchev–Trinajstić information content (AvgIpc) is 3.15. The van der Waals surface area contributed by atoms with Gasteiger partial charge in [0.2, 0.25) is 0 Å². The van der Waals surface area contributed by atoms with Crippen molar-refractivity contribution in [2.75, 3.05) is 37.6 Å². The number of hydrogen-bond acceptors (Lipinski definition) is 3. The van der Waals surface area contributed by atoms with E-state index >= 15 is 0 Å². The van der Waals surface area contributed by atoms with Crippen molar-refractivity contribution in [1.82, 2.24) is 14.8 Å². The zero-order valence-electron chi connectivity index (χ0n) is 18.8. The molecule has 1 atom stereocenters. The molecule has 170 valence electrons. The van der Waals surface area contributed by atoms with Crippen LogP contribution in [0.2, 0.25) is 0 Å². The van der Waals surface area contributed by atoms with E-state index in [1.165, 1.54) is 24.1 Å². The van der Waals surface area contributed by atoms with E-state index in [9.17, 15) is 4.79 Å². The van der Waals surface area contributed by atoms with Gasteiger partial charge in [-0.05, 0) is 56.0 Å². The molecule has 1 N–H and O–H groups in total. The summed E-state index contributed by atoms with van der Waals surface area (Å²) in [7, 11) is 1.96. The number of benzene rings is 2. The van der Waals surface area contributed by atoms with Crippen LogP contribution in [0.5, 0.6) is 0 Å². The Labute approximate surface area is 196 Å². The molecule has 32 heavy (non-hydrogen) atoms. The monoisotopic (exact) mass is 452 g/mol. The van der Waals surface area contributed by atoms with E-state index in [4.69, 9.17) is 0 Å². The molecule has 0 bridgehead atoms. The molecule has 2 aliphatic rings. The molecule has 2 aliphatic heterocycles. The maximum Gasteiger partial charge on any atom is 0.267 e. The molecule has 3 aromatic rings. The first-order chi connectivity index (χ1) is 15.2. The number of anilines is 1. The maximum absolute atomic E-state index is 12.6. The van der Waals surface area contributed by atoms with Gasteiger partial charge in [0.25, 0.3) is 5.91 Å². The summed E-state index contributed by atoms with van der Waals surface area (Å²) >= 11 is 0. The fourth-order valence-electron chi connectivity index (χ4n) is 5.27. The molecule has 0 spiro atoms. The molecule has 1 amide bonds. The Balaban J connectivity index is 0.00000245. The van der Waals surface area contributed by atoms with Gasteiger partial charge in [-0.2, -0.15) is 0 Å². The highest BCUT2D eigenvalue weighted by molar-refractivity contribution is 5.98. The van der Waals surface area contributed by atoms with Crippen LogP contribution in [0.1, 0.15) is 35.3 Å². The highest BCUT2D eigenvalue weighted by Gasteiger charge is 2.30. The Kier molecular flexibility index (Phi) is 7.07. The Morgan fingerprint density at radius 1 is 1.06 bits per heavy atom. The van der Waals surface area contributed by atoms with Crippen LogP contribution in [0.15, 0.2) is 54.6 Å². The highest BCUT2D eigenvalue weighted by Crippen LogP contribution is 2.32. The molecule has 1 aromatic heterocycles. The number of carbonyl (C=O) groups is 1. The molecule has 1 unspecified atom stereocenters. The first-order valence-electron chi connectivity index (χ1n) is 11.6. The zero-order chi connectivity index (χ0) is 21.2. The third-order valence-corrected chi connectivity index (χ3v) is 6.99. The summed E-state index contributed by atoms with van der Waals surface area (Å²) in [5.41, 5.74) is 4.79. The van der Waals surface area contributed by atoms with Crippen molar-refractivity contribution in [1.29, 1.82) is 0 Å². The summed E-state index contributed by atoms with van der Waals surface area (Å²) < 4.78 is 1.98. The van der Waals surface area contributed by atoms with Crippen LogP contribution in [0.25, 0.3) is 10.9 Å². The number of aromatic nitrogens is 1. The largest absolute Gasteiger partial charge is 0.366 e. The van der Waals surface area contributed by atoms with Crippen molar-refractivity contribution in [2.45, 2.75) is 31.7 Å². The van der Waals surface area contributed by atoms with E-state index in [-0.39, 0.29) is 18.3 Å². The van der Waals surface area contributed by atoms with Gasteiger partial charge in [-0.1, -0.05) is 36.4 Å². The first kappa shape index (κ1) is 22.7. The van der Waals surface area contributed by atoms with E-state index in [0.29, 0.717) is 6.04 Å². The lowest BCUT2D eigenvalue weighted by Crippen LogP contribution is -2.55. The second kappa shape index (κ2) is 9.97. The van der Waals surface area contributed by atoms with E-state index in [0.717, 1.165) is 62.2 Å². The minimum atomic E-state index is 0. The predicted molar refractivity (Wildman–Crippen MR) is 134 cm³/mol. The van der Waals surface area contributed by atoms with Gasteiger partial charge in [0.15, 0.2) is 0 Å². The van der Waals surface area contributed by atoms with Crippen LogP contribution in [-0.4, -0.2) is 54.1 Å². The number of halogens is 1. The first-order valence-corrected chi connectivity index (χ1v) is 11.6. The molecule has 5 rings (SSSR count). The molecule has 1 fully saturated rings. The fraction of sp³-hybridized carbons (Fsp3) is 0.423. The zero-order valence-corrected chi connectivity index (χ0v) is 19.6. The lowest BCUT2D eigenvalue weighted by Gasteiger charge is -2.46. The van der Waals surface area contributed by atoms with Gasteiger partial charge in [-0.25, -0.2) is 0 Å². The smallest absolute Gasteiger partial charge is 0.267 e. The Hall–Kier alpha value is -2.50. The number of unbranched alkanes of at least 4 members (excludes halogenated alkanes) is 1. The molecule has 1 saturated heterocycles. The molecule has 6 heteroatoms. The van der Waals surface area contributed by atoms with E-state index < -0.39 is 0 Å². The Morgan fingerprint density at radius 3 is 2.75 bits per heavy atom. The lowest BCUT2D eigenvalue weighted by atomic mass is 9.94. The molecule has 0 radical (unpaired) electrons. The number of amides is 1. The molecule has 0 saturated carbocycles. The van der Waals surface area contributed by atoms with Gasteiger partial charge in [-0.3, -0.25) is 9.69 Å². The summed E-state index contributed by atoms with van der Waals surface area (Å²) in [5.74, 6) is 0.0215. The Bertz CT molecular complexity index is 1080. The lowest BCUT2D eigenvalue weighted by molar-refractivity contribution is 0.0944. The van der Waals surface area contributed by atoms with Crippen LogP contribution in [0.4, 0.5) is 5.69 Å². The average molecular weight is 453 g/mol. The summed E-state index contributed by atoms with van der Waals surface area (Å²) in [6.07, 6.45) is 4.60. The van der Waals surface area contributed by atoms with Crippen molar-refractivity contribution in [3.05, 3.63) is 65.9 Å². The number of aryl methyl sites for hydroxylation is 2. The Morgan fingerprint density at radius 2 is 1.88 bits per heavy atom. The number of fused-ring (bicyclic) bond motifs is 4. The molecule has 0 aliphatic carbocycles. The van der Waals surface area contributed by atoms with Crippen LogP contribution in [0, 0.1) is 0 Å². The third kappa shape index (κ3) is 4.50. The standard InChI is InChI=1S/C26H32N4O.ClH/c1-28-23-10-4-3-9-21(23)18-25(28)26(31)27-14-6-7-15-29-16-17-30-22(19-29)13-12-20-8-2-5-11-24(20)30;/h2-5,8-11,18,22H,6-7,12-17,19H2,1H3,(H,27,31);1H.